The number of aromatic nitrogens is 2. The fourth-order valence-electron chi connectivity index (χ4n) is 1.37. The lowest BCUT2D eigenvalue weighted by Crippen LogP contribution is -1.98. The van der Waals surface area contributed by atoms with Gasteiger partial charge in [0, 0.05) is 18.0 Å². The number of anilines is 1. The molecule has 0 unspecified atom stereocenters. The maximum Gasteiger partial charge on any atom is 0.205 e. The van der Waals surface area contributed by atoms with Gasteiger partial charge in [0.05, 0.1) is 0 Å². The van der Waals surface area contributed by atoms with Crippen LogP contribution in [-0.4, -0.2) is 15.3 Å². The molecule has 0 aliphatic heterocycles. The minimum Gasteiger partial charge on any atom is -0.508 e. The van der Waals surface area contributed by atoms with Crippen molar-refractivity contribution in [3.63, 3.8) is 0 Å². The summed E-state index contributed by atoms with van der Waals surface area (Å²) >= 11 is 1.55. The molecule has 90 valence electrons. The Bertz CT molecular complexity index is 496. The number of benzene rings is 1. The van der Waals surface area contributed by atoms with Crippen molar-refractivity contribution >= 4 is 16.5 Å². The van der Waals surface area contributed by atoms with Crippen LogP contribution in [0.4, 0.5) is 5.13 Å². The van der Waals surface area contributed by atoms with Crippen LogP contribution in [0.3, 0.4) is 0 Å². The van der Waals surface area contributed by atoms with Crippen molar-refractivity contribution in [2.75, 3.05) is 5.32 Å². The standard InChI is InChI=1S/C12H15N3OS/c1-8(2)11-14-15-12(17-11)13-7-9-5-3-4-6-10(9)16/h3-6,8,16H,7H2,1-2H3,(H,13,15). The Kier molecular flexibility index (Phi) is 3.58. The van der Waals surface area contributed by atoms with Gasteiger partial charge in [-0.3, -0.25) is 0 Å². The van der Waals surface area contributed by atoms with E-state index in [1.54, 1.807) is 23.5 Å². The highest BCUT2D eigenvalue weighted by Gasteiger charge is 2.07. The number of phenols is 1. The molecule has 0 bridgehead atoms. The predicted octanol–water partition coefficient (Wildman–Crippen LogP) is 2.98. The molecule has 4 nitrogen and oxygen atoms in total. The van der Waals surface area contributed by atoms with E-state index in [2.05, 4.69) is 29.4 Å². The third kappa shape index (κ3) is 2.94. The van der Waals surface area contributed by atoms with Gasteiger partial charge in [-0.25, -0.2) is 0 Å². The van der Waals surface area contributed by atoms with Gasteiger partial charge >= 0.3 is 0 Å². The van der Waals surface area contributed by atoms with Crippen LogP contribution in [0.5, 0.6) is 5.75 Å². The van der Waals surface area contributed by atoms with Crippen molar-refractivity contribution in [1.82, 2.24) is 10.2 Å². The molecule has 0 fully saturated rings. The zero-order valence-electron chi connectivity index (χ0n) is 9.84. The predicted molar refractivity (Wildman–Crippen MR) is 69.4 cm³/mol. The Morgan fingerprint density at radius 2 is 2.06 bits per heavy atom. The average Bonchev–Trinajstić information content (AvgIpc) is 2.77. The van der Waals surface area contributed by atoms with Gasteiger partial charge in [0.1, 0.15) is 10.8 Å². The van der Waals surface area contributed by atoms with Crippen LogP contribution in [0.2, 0.25) is 0 Å². The maximum absolute atomic E-state index is 9.61. The van der Waals surface area contributed by atoms with E-state index in [4.69, 9.17) is 0 Å². The molecule has 1 heterocycles. The summed E-state index contributed by atoms with van der Waals surface area (Å²) in [7, 11) is 0. The highest BCUT2D eigenvalue weighted by atomic mass is 32.1. The zero-order valence-corrected chi connectivity index (χ0v) is 10.7. The van der Waals surface area contributed by atoms with Gasteiger partial charge in [-0.1, -0.05) is 43.4 Å². The molecule has 2 rings (SSSR count). The second-order valence-corrected chi connectivity index (χ2v) is 5.09. The number of phenolic OH excluding ortho intramolecular Hbond substituents is 1. The van der Waals surface area contributed by atoms with Crippen LogP contribution < -0.4 is 5.32 Å². The van der Waals surface area contributed by atoms with Crippen molar-refractivity contribution in [1.29, 1.82) is 0 Å². The Labute approximate surface area is 104 Å². The van der Waals surface area contributed by atoms with Crippen molar-refractivity contribution < 1.29 is 5.11 Å². The Hall–Kier alpha value is -1.62. The topological polar surface area (TPSA) is 58.0 Å². The first-order valence-corrected chi connectivity index (χ1v) is 6.32. The van der Waals surface area contributed by atoms with Crippen molar-refractivity contribution in [3.8, 4) is 5.75 Å². The van der Waals surface area contributed by atoms with Crippen LogP contribution in [0.1, 0.15) is 30.3 Å². The Morgan fingerprint density at radius 3 is 2.71 bits per heavy atom. The molecular formula is C12H15N3OS. The molecule has 1 aromatic heterocycles. The summed E-state index contributed by atoms with van der Waals surface area (Å²) in [5.41, 5.74) is 0.855. The molecule has 0 spiro atoms. The summed E-state index contributed by atoms with van der Waals surface area (Å²) < 4.78 is 0. The molecule has 0 saturated carbocycles. The Morgan fingerprint density at radius 1 is 1.29 bits per heavy atom. The number of nitrogens with zero attached hydrogens (tertiary/aromatic N) is 2. The van der Waals surface area contributed by atoms with E-state index in [9.17, 15) is 5.11 Å². The molecule has 0 radical (unpaired) electrons. The lowest BCUT2D eigenvalue weighted by molar-refractivity contribution is 0.469. The summed E-state index contributed by atoms with van der Waals surface area (Å²) in [4.78, 5) is 0. The van der Waals surface area contributed by atoms with Crippen LogP contribution in [0.25, 0.3) is 0 Å². The number of hydrogen-bond acceptors (Lipinski definition) is 5. The largest absolute Gasteiger partial charge is 0.508 e. The first-order chi connectivity index (χ1) is 8.16. The molecule has 2 N–H and O–H groups in total. The van der Waals surface area contributed by atoms with E-state index in [0.717, 1.165) is 15.7 Å². The minimum atomic E-state index is 0.300. The van der Waals surface area contributed by atoms with Crippen molar-refractivity contribution in [2.24, 2.45) is 0 Å². The highest BCUT2D eigenvalue weighted by molar-refractivity contribution is 7.15. The zero-order chi connectivity index (χ0) is 12.3. The van der Waals surface area contributed by atoms with E-state index in [1.165, 1.54) is 0 Å². The highest BCUT2D eigenvalue weighted by Crippen LogP contribution is 2.23. The van der Waals surface area contributed by atoms with E-state index < -0.39 is 0 Å². The van der Waals surface area contributed by atoms with Gasteiger partial charge in [0.2, 0.25) is 5.13 Å². The third-order valence-corrected chi connectivity index (χ3v) is 3.54. The van der Waals surface area contributed by atoms with Crippen LogP contribution in [0.15, 0.2) is 24.3 Å². The molecule has 1 aromatic carbocycles. The van der Waals surface area contributed by atoms with E-state index in [0.29, 0.717) is 18.2 Å². The molecule has 2 aromatic rings. The Balaban J connectivity index is 2.00. The molecular weight excluding hydrogens is 234 g/mol. The van der Waals surface area contributed by atoms with E-state index in [-0.39, 0.29) is 0 Å². The molecule has 0 amide bonds. The summed E-state index contributed by atoms with van der Waals surface area (Å²) in [6.45, 7) is 4.74. The monoisotopic (exact) mass is 249 g/mol. The van der Waals surface area contributed by atoms with Gasteiger partial charge < -0.3 is 10.4 Å². The summed E-state index contributed by atoms with van der Waals surface area (Å²) in [6.07, 6.45) is 0. The molecule has 5 heteroatoms. The molecule has 0 aliphatic rings. The fourth-order valence-corrected chi connectivity index (χ4v) is 2.11. The summed E-state index contributed by atoms with van der Waals surface area (Å²) in [5, 5.41) is 22.7. The van der Waals surface area contributed by atoms with Crippen LogP contribution in [0, 0.1) is 0 Å². The van der Waals surface area contributed by atoms with Crippen molar-refractivity contribution in [2.45, 2.75) is 26.3 Å². The quantitative estimate of drug-likeness (QED) is 0.874. The van der Waals surface area contributed by atoms with Gasteiger partial charge in [-0.2, -0.15) is 0 Å². The first-order valence-electron chi connectivity index (χ1n) is 5.51. The molecule has 17 heavy (non-hydrogen) atoms. The van der Waals surface area contributed by atoms with Crippen molar-refractivity contribution in [3.05, 3.63) is 34.8 Å². The molecule has 0 aliphatic carbocycles. The maximum atomic E-state index is 9.61. The fraction of sp³-hybridized carbons (Fsp3) is 0.333. The number of aromatic hydroxyl groups is 1. The second kappa shape index (κ2) is 5.14. The molecule has 0 saturated heterocycles. The van der Waals surface area contributed by atoms with Gasteiger partial charge in [-0.05, 0) is 6.07 Å². The van der Waals surface area contributed by atoms with E-state index >= 15 is 0 Å². The molecule has 0 atom stereocenters. The van der Waals surface area contributed by atoms with Gasteiger partial charge in [-0.15, -0.1) is 10.2 Å². The van der Waals surface area contributed by atoms with Crippen LogP contribution >= 0.6 is 11.3 Å². The van der Waals surface area contributed by atoms with Crippen LogP contribution in [-0.2, 0) is 6.54 Å². The lowest BCUT2D eigenvalue weighted by atomic mass is 10.2. The SMILES string of the molecule is CC(C)c1nnc(NCc2ccccc2O)s1. The number of rotatable bonds is 4. The minimum absolute atomic E-state index is 0.300. The van der Waals surface area contributed by atoms with Gasteiger partial charge in [0.15, 0.2) is 0 Å². The lowest BCUT2D eigenvalue weighted by Gasteiger charge is -2.04. The third-order valence-electron chi connectivity index (χ3n) is 2.36. The van der Waals surface area contributed by atoms with E-state index in [1.807, 2.05) is 12.1 Å². The number of nitrogens with one attached hydrogen (secondary N) is 1. The number of para-hydroxylation sites is 1. The normalized spacial score (nSPS) is 10.8. The summed E-state index contributed by atoms with van der Waals surface area (Å²) in [5.74, 6) is 0.696. The summed E-state index contributed by atoms with van der Waals surface area (Å²) in [6, 6.07) is 7.26. The first kappa shape index (κ1) is 11.9. The number of hydrogen-bond donors (Lipinski definition) is 2. The second-order valence-electron chi connectivity index (χ2n) is 4.08. The average molecular weight is 249 g/mol. The smallest absolute Gasteiger partial charge is 0.205 e. The van der Waals surface area contributed by atoms with Gasteiger partial charge in [0.25, 0.3) is 0 Å².